The molecule has 0 saturated heterocycles. The van der Waals surface area contributed by atoms with Gasteiger partial charge in [0.1, 0.15) is 5.75 Å². The Balaban J connectivity index is 2.15. The minimum Gasteiger partial charge on any atom is -0.508 e. The number of rotatable bonds is 4. The second-order valence-electron chi connectivity index (χ2n) is 7.99. The molecular weight excluding hydrogens is 260 g/mol. The summed E-state index contributed by atoms with van der Waals surface area (Å²) in [7, 11) is 0. The van der Waals surface area contributed by atoms with Gasteiger partial charge in [-0.05, 0) is 50.7 Å². The summed E-state index contributed by atoms with van der Waals surface area (Å²) in [6.45, 7) is 11.2. The molecule has 21 heavy (non-hydrogen) atoms. The summed E-state index contributed by atoms with van der Waals surface area (Å²) in [5, 5.41) is 9.99. The third-order valence-corrected chi connectivity index (χ3v) is 5.25. The van der Waals surface area contributed by atoms with Crippen LogP contribution in [0.25, 0.3) is 0 Å². The van der Waals surface area contributed by atoms with Gasteiger partial charge < -0.3 is 9.84 Å². The highest BCUT2D eigenvalue weighted by atomic mass is 16.5. The fraction of sp³-hybridized carbons (Fsp3) is 0.684. The predicted molar refractivity (Wildman–Crippen MR) is 87.6 cm³/mol. The lowest BCUT2D eigenvalue weighted by molar-refractivity contribution is -0.199. The maximum atomic E-state index is 9.99. The van der Waals surface area contributed by atoms with Gasteiger partial charge in [-0.25, -0.2) is 0 Å². The van der Waals surface area contributed by atoms with Crippen molar-refractivity contribution in [3.63, 3.8) is 0 Å². The van der Waals surface area contributed by atoms with E-state index >= 15 is 0 Å². The van der Waals surface area contributed by atoms with Gasteiger partial charge in [0, 0.05) is 6.42 Å². The topological polar surface area (TPSA) is 29.5 Å². The van der Waals surface area contributed by atoms with Crippen molar-refractivity contribution >= 4 is 0 Å². The highest BCUT2D eigenvalue weighted by Gasteiger charge is 2.46. The van der Waals surface area contributed by atoms with Gasteiger partial charge in [-0.3, -0.25) is 0 Å². The van der Waals surface area contributed by atoms with E-state index in [-0.39, 0.29) is 16.6 Å². The summed E-state index contributed by atoms with van der Waals surface area (Å²) < 4.78 is 6.63. The molecule has 1 saturated carbocycles. The molecular formula is C19H30O2. The van der Waals surface area contributed by atoms with Crippen LogP contribution in [0.4, 0.5) is 0 Å². The third-order valence-electron chi connectivity index (χ3n) is 5.25. The van der Waals surface area contributed by atoms with Crippen molar-refractivity contribution < 1.29 is 9.84 Å². The number of hydrogen-bond donors (Lipinski definition) is 1. The molecule has 1 aliphatic carbocycles. The van der Waals surface area contributed by atoms with Crippen LogP contribution in [-0.2, 0) is 11.2 Å². The average molecular weight is 290 g/mol. The van der Waals surface area contributed by atoms with E-state index in [1.54, 1.807) is 6.07 Å². The fourth-order valence-corrected chi connectivity index (χ4v) is 3.59. The Hall–Kier alpha value is -1.02. The first-order chi connectivity index (χ1) is 9.65. The van der Waals surface area contributed by atoms with E-state index in [0.717, 1.165) is 18.4 Å². The van der Waals surface area contributed by atoms with Crippen molar-refractivity contribution in [1.29, 1.82) is 0 Å². The SMILES string of the molecule is CC(C)(Cc1ccccc1O)OC1(C)CCCCC1(C)C. The highest BCUT2D eigenvalue weighted by Crippen LogP contribution is 2.48. The molecule has 0 aromatic heterocycles. The molecule has 0 amide bonds. The summed E-state index contributed by atoms with van der Waals surface area (Å²) >= 11 is 0. The molecule has 1 aromatic carbocycles. The summed E-state index contributed by atoms with van der Waals surface area (Å²) in [5.74, 6) is 0.363. The van der Waals surface area contributed by atoms with Crippen LogP contribution < -0.4 is 0 Å². The number of benzene rings is 1. The minimum atomic E-state index is -0.289. The maximum absolute atomic E-state index is 9.99. The minimum absolute atomic E-state index is 0.0981. The van der Waals surface area contributed by atoms with Crippen LogP contribution in [0.2, 0.25) is 0 Å². The molecule has 1 atom stereocenters. The van der Waals surface area contributed by atoms with E-state index in [4.69, 9.17) is 4.74 Å². The number of phenolic OH excluding ortho intramolecular Hbond substituents is 1. The average Bonchev–Trinajstić information content (AvgIpc) is 2.35. The van der Waals surface area contributed by atoms with Crippen molar-refractivity contribution in [1.82, 2.24) is 0 Å². The first-order valence-electron chi connectivity index (χ1n) is 8.12. The molecule has 0 spiro atoms. The second kappa shape index (κ2) is 5.64. The largest absolute Gasteiger partial charge is 0.508 e. The quantitative estimate of drug-likeness (QED) is 0.837. The van der Waals surface area contributed by atoms with E-state index in [0.29, 0.717) is 5.75 Å². The molecule has 118 valence electrons. The first-order valence-corrected chi connectivity index (χ1v) is 8.12. The third kappa shape index (κ3) is 3.60. The molecule has 2 nitrogen and oxygen atoms in total. The van der Waals surface area contributed by atoms with E-state index in [9.17, 15) is 5.11 Å². The van der Waals surface area contributed by atoms with Crippen molar-refractivity contribution in [3.8, 4) is 5.75 Å². The summed E-state index contributed by atoms with van der Waals surface area (Å²) in [5.41, 5.74) is 0.766. The smallest absolute Gasteiger partial charge is 0.118 e. The Bertz CT molecular complexity index is 490. The van der Waals surface area contributed by atoms with Crippen LogP contribution in [0.15, 0.2) is 24.3 Å². The second-order valence-corrected chi connectivity index (χ2v) is 7.99. The zero-order valence-corrected chi connectivity index (χ0v) is 14.2. The standard InChI is InChI=1S/C19H30O2/c1-17(2)12-8-9-13-19(17,5)21-18(3,4)14-15-10-6-7-11-16(15)20/h6-7,10-11,20H,8-9,12-14H2,1-5H3. The molecule has 2 heteroatoms. The molecule has 0 bridgehead atoms. The maximum Gasteiger partial charge on any atom is 0.118 e. The van der Waals surface area contributed by atoms with Crippen molar-refractivity contribution in [2.24, 2.45) is 5.41 Å². The molecule has 1 aromatic rings. The summed E-state index contributed by atoms with van der Waals surface area (Å²) in [6, 6.07) is 7.56. The van der Waals surface area contributed by atoms with Gasteiger partial charge in [-0.15, -0.1) is 0 Å². The molecule has 1 fully saturated rings. The van der Waals surface area contributed by atoms with Gasteiger partial charge in [-0.1, -0.05) is 44.9 Å². The lowest BCUT2D eigenvalue weighted by atomic mass is 9.66. The lowest BCUT2D eigenvalue weighted by Crippen LogP contribution is -2.51. The summed E-state index contributed by atoms with van der Waals surface area (Å²) in [6.07, 6.45) is 5.60. The number of hydrogen-bond acceptors (Lipinski definition) is 2. The van der Waals surface area contributed by atoms with Gasteiger partial charge >= 0.3 is 0 Å². The highest BCUT2D eigenvalue weighted by molar-refractivity contribution is 5.32. The van der Waals surface area contributed by atoms with E-state index in [1.165, 1.54) is 19.3 Å². The molecule has 0 heterocycles. The normalized spacial score (nSPS) is 25.8. The molecule has 1 unspecified atom stereocenters. The number of ether oxygens (including phenoxy) is 1. The van der Waals surface area contributed by atoms with Gasteiger partial charge in [-0.2, -0.15) is 0 Å². The van der Waals surface area contributed by atoms with Crippen LogP contribution in [0.1, 0.15) is 65.9 Å². The van der Waals surface area contributed by atoms with Crippen LogP contribution in [-0.4, -0.2) is 16.3 Å². The Morgan fingerprint density at radius 1 is 1.10 bits per heavy atom. The predicted octanol–water partition coefficient (Wildman–Crippen LogP) is 5.09. The monoisotopic (exact) mass is 290 g/mol. The van der Waals surface area contributed by atoms with Crippen LogP contribution in [0.3, 0.4) is 0 Å². The van der Waals surface area contributed by atoms with Gasteiger partial charge in [0.2, 0.25) is 0 Å². The van der Waals surface area contributed by atoms with E-state index < -0.39 is 0 Å². The fourth-order valence-electron chi connectivity index (χ4n) is 3.59. The molecule has 0 radical (unpaired) electrons. The number of aromatic hydroxyl groups is 1. The molecule has 0 aliphatic heterocycles. The van der Waals surface area contributed by atoms with Gasteiger partial charge in [0.15, 0.2) is 0 Å². The van der Waals surface area contributed by atoms with Crippen LogP contribution >= 0.6 is 0 Å². The van der Waals surface area contributed by atoms with Crippen molar-refractivity contribution in [2.75, 3.05) is 0 Å². The molecule has 1 N–H and O–H groups in total. The van der Waals surface area contributed by atoms with Crippen LogP contribution in [0.5, 0.6) is 5.75 Å². The zero-order chi connectivity index (χ0) is 15.7. The Kier molecular flexibility index (Phi) is 4.39. The molecule has 1 aliphatic rings. The van der Waals surface area contributed by atoms with E-state index in [1.807, 2.05) is 18.2 Å². The van der Waals surface area contributed by atoms with Crippen LogP contribution in [0, 0.1) is 5.41 Å². The van der Waals surface area contributed by atoms with Gasteiger partial charge in [0.25, 0.3) is 0 Å². The van der Waals surface area contributed by atoms with E-state index in [2.05, 4.69) is 34.6 Å². The summed E-state index contributed by atoms with van der Waals surface area (Å²) in [4.78, 5) is 0. The van der Waals surface area contributed by atoms with Crippen molar-refractivity contribution in [3.05, 3.63) is 29.8 Å². The number of para-hydroxylation sites is 1. The lowest BCUT2D eigenvalue weighted by Gasteiger charge is -2.51. The Labute approximate surface area is 129 Å². The number of phenols is 1. The Morgan fingerprint density at radius 2 is 1.71 bits per heavy atom. The van der Waals surface area contributed by atoms with Gasteiger partial charge in [0.05, 0.1) is 11.2 Å². The zero-order valence-electron chi connectivity index (χ0n) is 14.2. The van der Waals surface area contributed by atoms with Crippen molar-refractivity contribution in [2.45, 2.75) is 77.9 Å². The first kappa shape index (κ1) is 16.4. The molecule has 2 rings (SSSR count). The Morgan fingerprint density at radius 3 is 2.33 bits per heavy atom.